The van der Waals surface area contributed by atoms with Crippen molar-refractivity contribution in [3.05, 3.63) is 0 Å². The Hall–Kier alpha value is 0.280. The Balaban J connectivity index is 0. The van der Waals surface area contributed by atoms with Gasteiger partial charge in [0.25, 0.3) is 0 Å². The Morgan fingerprint density at radius 3 is 1.81 bits per heavy atom. The molecular formula is C7H19ClN2O5P-. The Morgan fingerprint density at radius 2 is 1.75 bits per heavy atom. The van der Waals surface area contributed by atoms with E-state index in [0.29, 0.717) is 12.4 Å². The number of alkyl halides is 1. The summed E-state index contributed by atoms with van der Waals surface area (Å²) in [6.45, 7) is 0.235. The fourth-order valence-corrected chi connectivity index (χ4v) is 1.14. The molecule has 0 heterocycles. The third-order valence-electron chi connectivity index (χ3n) is 1.44. The van der Waals surface area contributed by atoms with Gasteiger partial charge in [-0.3, -0.25) is 5.09 Å². The van der Waals surface area contributed by atoms with Crippen molar-refractivity contribution in [1.29, 1.82) is 0 Å². The van der Waals surface area contributed by atoms with Crippen LogP contribution in [0.25, 0.3) is 0 Å². The summed E-state index contributed by atoms with van der Waals surface area (Å²) in [5, 5.41) is 27.3. The summed E-state index contributed by atoms with van der Waals surface area (Å²) < 4.78 is 10.2. The summed E-state index contributed by atoms with van der Waals surface area (Å²) in [4.78, 5) is 10.2. The van der Waals surface area contributed by atoms with Gasteiger partial charge in [-0.1, -0.05) is 0 Å². The molecule has 0 aliphatic heterocycles. The van der Waals surface area contributed by atoms with Crippen LogP contribution in [0, 0.1) is 0 Å². The van der Waals surface area contributed by atoms with Crippen LogP contribution >= 0.6 is 19.1 Å². The van der Waals surface area contributed by atoms with E-state index in [-0.39, 0.29) is 0 Å². The predicted octanol–water partition coefficient (Wildman–Crippen LogP) is -2.34. The second kappa shape index (κ2) is 9.32. The summed E-state index contributed by atoms with van der Waals surface area (Å²) in [7, 11) is -3.27. The van der Waals surface area contributed by atoms with Crippen LogP contribution in [0.2, 0.25) is 0 Å². The molecule has 0 amide bonds. The van der Waals surface area contributed by atoms with Crippen molar-refractivity contribution in [2.45, 2.75) is 5.54 Å². The fourth-order valence-electron chi connectivity index (χ4n) is 0.395. The number of halogens is 1. The number of nitrogens with two attached hydrogens (primary N) is 1. The predicted molar refractivity (Wildman–Crippen MR) is 60.4 cm³/mol. The molecule has 0 aliphatic carbocycles. The van der Waals surface area contributed by atoms with Crippen LogP contribution in [-0.2, 0) is 4.57 Å². The highest BCUT2D eigenvalue weighted by Gasteiger charge is 2.20. The zero-order valence-electron chi connectivity index (χ0n) is 9.10. The second-order valence-electron chi connectivity index (χ2n) is 3.28. The molecule has 0 spiro atoms. The molecule has 6 N–H and O–H groups in total. The highest BCUT2D eigenvalue weighted by Crippen LogP contribution is 2.21. The molecule has 0 rings (SSSR count). The van der Waals surface area contributed by atoms with E-state index in [9.17, 15) is 9.46 Å². The van der Waals surface area contributed by atoms with Gasteiger partial charge in [-0.15, -0.1) is 11.6 Å². The van der Waals surface area contributed by atoms with Gasteiger partial charge in [-0.25, -0.2) is 0 Å². The van der Waals surface area contributed by atoms with Crippen LogP contribution in [-0.4, -0.2) is 59.8 Å². The largest absolute Gasteiger partial charge is 0.788 e. The first-order valence-corrected chi connectivity index (χ1v) is 7.06. The lowest BCUT2D eigenvalue weighted by atomic mass is 10.1. The van der Waals surface area contributed by atoms with Gasteiger partial charge in [-0.05, 0) is 6.66 Å². The molecule has 0 radical (unpaired) electrons. The second-order valence-corrected chi connectivity index (χ2v) is 5.67. The lowest BCUT2D eigenvalue weighted by molar-refractivity contribution is -0.176. The average molecular weight is 278 g/mol. The van der Waals surface area contributed by atoms with Crippen LogP contribution in [0.5, 0.6) is 0 Å². The summed E-state index contributed by atoms with van der Waals surface area (Å²) in [6.07, 6.45) is 0. The van der Waals surface area contributed by atoms with Crippen LogP contribution in [0.3, 0.4) is 0 Å². The molecule has 0 aliphatic rings. The Kier molecular flexibility index (Phi) is 10.9. The van der Waals surface area contributed by atoms with Crippen LogP contribution in [0.4, 0.5) is 0 Å². The minimum atomic E-state index is -3.27. The molecule has 0 bridgehead atoms. The van der Waals surface area contributed by atoms with Crippen molar-refractivity contribution in [1.82, 2.24) is 5.09 Å². The Bertz CT molecular complexity index is 201. The number of hydrogen-bond donors (Lipinski definition) is 5. The van der Waals surface area contributed by atoms with Crippen molar-refractivity contribution in [2.24, 2.45) is 5.73 Å². The number of aliphatic hydroxyl groups is 3. The van der Waals surface area contributed by atoms with Gasteiger partial charge in [0, 0.05) is 12.4 Å². The molecule has 0 saturated carbocycles. The van der Waals surface area contributed by atoms with E-state index in [1.54, 1.807) is 0 Å². The topological polar surface area (TPSA) is 139 Å². The molecule has 16 heavy (non-hydrogen) atoms. The standard InChI is InChI=1S/C4H11NO3.C3H9ClNO2P/c5-4(1-6,2-7)3-8;1-8(6,7)5-3-2-4/h6-8H,1-3,5H2;2-3H2,1H3,(H2,5,6,7)/p-1. The number of nitrogens with one attached hydrogen (secondary N) is 1. The van der Waals surface area contributed by atoms with Crippen LogP contribution in [0.15, 0.2) is 0 Å². The first-order valence-electron chi connectivity index (χ1n) is 4.45. The van der Waals surface area contributed by atoms with Gasteiger partial charge in [0.05, 0.1) is 32.9 Å². The lowest BCUT2D eigenvalue weighted by Crippen LogP contribution is -2.50. The van der Waals surface area contributed by atoms with Crippen LogP contribution in [0.1, 0.15) is 0 Å². The van der Waals surface area contributed by atoms with Crippen molar-refractivity contribution < 1.29 is 24.8 Å². The molecule has 9 heteroatoms. The molecule has 1 unspecified atom stereocenters. The minimum Gasteiger partial charge on any atom is -0.788 e. The third kappa shape index (κ3) is 12.4. The Morgan fingerprint density at radius 1 is 1.38 bits per heavy atom. The summed E-state index contributed by atoms with van der Waals surface area (Å²) in [6, 6.07) is 0. The zero-order chi connectivity index (χ0) is 13.2. The van der Waals surface area contributed by atoms with Gasteiger partial charge in [0.2, 0.25) is 0 Å². The van der Waals surface area contributed by atoms with Gasteiger partial charge >= 0.3 is 0 Å². The minimum absolute atomic E-state index is 0.318. The maximum atomic E-state index is 10.2. The summed E-state index contributed by atoms with van der Waals surface area (Å²) in [5.41, 5.74) is 3.94. The highest BCUT2D eigenvalue weighted by molar-refractivity contribution is 7.53. The van der Waals surface area contributed by atoms with Gasteiger partial charge < -0.3 is 30.5 Å². The van der Waals surface area contributed by atoms with Crippen molar-refractivity contribution >= 4 is 19.1 Å². The van der Waals surface area contributed by atoms with Crippen molar-refractivity contribution in [2.75, 3.05) is 38.9 Å². The van der Waals surface area contributed by atoms with E-state index in [2.05, 4.69) is 5.09 Å². The SMILES string of the molecule is CP(=O)([O-])NCCCl.NC(CO)(CO)CO. The maximum absolute atomic E-state index is 10.2. The van der Waals surface area contributed by atoms with Crippen molar-refractivity contribution in [3.63, 3.8) is 0 Å². The lowest BCUT2D eigenvalue weighted by Gasteiger charge is -2.20. The molecule has 0 fully saturated rings. The maximum Gasteiger partial charge on any atom is 0.0856 e. The third-order valence-corrected chi connectivity index (χ3v) is 2.43. The fraction of sp³-hybridized carbons (Fsp3) is 1.00. The zero-order valence-corrected chi connectivity index (χ0v) is 10.7. The molecule has 0 saturated heterocycles. The molecule has 7 nitrogen and oxygen atoms in total. The average Bonchev–Trinajstić information content (AvgIpc) is 2.25. The van der Waals surface area contributed by atoms with E-state index in [0.717, 1.165) is 6.66 Å². The number of aliphatic hydroxyl groups excluding tert-OH is 3. The normalized spacial score (nSPS) is 14.9. The quantitative estimate of drug-likeness (QED) is 0.271. The summed E-state index contributed by atoms with van der Waals surface area (Å²) in [5.74, 6) is 0.320. The molecule has 0 aromatic carbocycles. The molecule has 1 atom stereocenters. The molecule has 100 valence electrons. The summed E-state index contributed by atoms with van der Waals surface area (Å²) >= 11 is 5.19. The van der Waals surface area contributed by atoms with Crippen molar-refractivity contribution in [3.8, 4) is 0 Å². The van der Waals surface area contributed by atoms with Gasteiger partial charge in [0.1, 0.15) is 0 Å². The van der Waals surface area contributed by atoms with Crippen LogP contribution < -0.4 is 15.7 Å². The van der Waals surface area contributed by atoms with Gasteiger partial charge in [0.15, 0.2) is 0 Å². The first-order chi connectivity index (χ1) is 7.24. The van der Waals surface area contributed by atoms with E-state index < -0.39 is 32.9 Å². The number of hydrogen-bond acceptors (Lipinski definition) is 6. The first kappa shape index (κ1) is 18.6. The van der Waals surface area contributed by atoms with E-state index in [4.69, 9.17) is 32.7 Å². The molecule has 0 aromatic rings. The van der Waals surface area contributed by atoms with E-state index in [1.807, 2.05) is 0 Å². The smallest absolute Gasteiger partial charge is 0.0856 e. The number of rotatable bonds is 6. The van der Waals surface area contributed by atoms with E-state index in [1.165, 1.54) is 0 Å². The highest BCUT2D eigenvalue weighted by atomic mass is 35.5. The van der Waals surface area contributed by atoms with Gasteiger partial charge in [-0.2, -0.15) is 0 Å². The molecular weight excluding hydrogens is 259 g/mol. The van der Waals surface area contributed by atoms with E-state index >= 15 is 0 Å². The Labute approximate surface area is 99.7 Å². The molecule has 0 aromatic heterocycles. The monoisotopic (exact) mass is 277 g/mol.